The smallest absolute Gasteiger partial charge is 0.174 e. The van der Waals surface area contributed by atoms with Crippen molar-refractivity contribution in [2.45, 2.75) is 46.2 Å². The van der Waals surface area contributed by atoms with Crippen LogP contribution in [0, 0.1) is 20.8 Å². The molecule has 6 rings (SSSR count). The predicted molar refractivity (Wildman–Crippen MR) is 170 cm³/mol. The largest absolute Gasteiger partial charge is 0.457 e. The van der Waals surface area contributed by atoms with Crippen LogP contribution in [0.5, 0.6) is 11.5 Å². The van der Waals surface area contributed by atoms with E-state index in [1.807, 2.05) is 48.7 Å². The van der Waals surface area contributed by atoms with E-state index in [4.69, 9.17) is 21.9 Å². The van der Waals surface area contributed by atoms with Crippen LogP contribution in [-0.2, 0) is 6.42 Å². The van der Waals surface area contributed by atoms with Crippen molar-refractivity contribution in [2.75, 3.05) is 4.90 Å². The van der Waals surface area contributed by atoms with E-state index >= 15 is 0 Å². The van der Waals surface area contributed by atoms with Gasteiger partial charge in [-0.25, -0.2) is 0 Å². The van der Waals surface area contributed by atoms with Crippen LogP contribution in [0.4, 0.5) is 5.69 Å². The third-order valence-electron chi connectivity index (χ3n) is 7.94. The number of nitrogens with zero attached hydrogens (tertiary/aromatic N) is 3. The van der Waals surface area contributed by atoms with Gasteiger partial charge in [-0.2, -0.15) is 0 Å². The standard InChI is InChI=1S/C35H34N4OS/c1-5-26-13-7-8-15-31(26)38-24(3)22-29(25(38)4)34-33(30-14-10-11-21-36-30)37-35(41)39(34)27-17-19-28(20-18-27)40-32-16-9-6-12-23(32)2/h6-22,33-34H,5H2,1-4H3,(H,37,41)/t33-,34+/m0/s1. The highest BCUT2D eigenvalue weighted by molar-refractivity contribution is 7.80. The van der Waals surface area contributed by atoms with Crippen molar-refractivity contribution in [3.05, 3.63) is 137 Å². The number of rotatable bonds is 7. The van der Waals surface area contributed by atoms with Gasteiger partial charge in [-0.15, -0.1) is 0 Å². The highest BCUT2D eigenvalue weighted by Gasteiger charge is 2.42. The monoisotopic (exact) mass is 558 g/mol. The van der Waals surface area contributed by atoms with E-state index < -0.39 is 0 Å². The Bertz CT molecular complexity index is 1690. The zero-order valence-corrected chi connectivity index (χ0v) is 24.7. The van der Waals surface area contributed by atoms with Gasteiger partial charge < -0.3 is 19.5 Å². The number of anilines is 1. The summed E-state index contributed by atoms with van der Waals surface area (Å²) in [5, 5.41) is 4.28. The second kappa shape index (κ2) is 11.2. The van der Waals surface area contributed by atoms with Crippen molar-refractivity contribution in [1.82, 2.24) is 14.9 Å². The molecule has 3 aromatic carbocycles. The van der Waals surface area contributed by atoms with Gasteiger partial charge in [0, 0.05) is 29.0 Å². The molecule has 0 amide bonds. The summed E-state index contributed by atoms with van der Waals surface area (Å²) in [6, 6.07) is 33.0. The van der Waals surface area contributed by atoms with Gasteiger partial charge in [0.1, 0.15) is 11.5 Å². The van der Waals surface area contributed by atoms with E-state index in [1.165, 1.54) is 28.2 Å². The molecule has 2 atom stereocenters. The van der Waals surface area contributed by atoms with Crippen molar-refractivity contribution in [3.8, 4) is 17.2 Å². The van der Waals surface area contributed by atoms with Crippen molar-refractivity contribution in [3.63, 3.8) is 0 Å². The molecular weight excluding hydrogens is 524 g/mol. The molecule has 1 fully saturated rings. The first kappa shape index (κ1) is 26.8. The molecule has 1 N–H and O–H groups in total. The van der Waals surface area contributed by atoms with Crippen LogP contribution < -0.4 is 15.0 Å². The molecule has 6 heteroatoms. The van der Waals surface area contributed by atoms with Crippen LogP contribution in [0.3, 0.4) is 0 Å². The number of nitrogens with one attached hydrogen (secondary N) is 1. The third-order valence-corrected chi connectivity index (χ3v) is 8.25. The van der Waals surface area contributed by atoms with E-state index in [-0.39, 0.29) is 12.1 Å². The molecule has 0 bridgehead atoms. The van der Waals surface area contributed by atoms with Crippen LogP contribution in [-0.4, -0.2) is 14.7 Å². The lowest BCUT2D eigenvalue weighted by Gasteiger charge is -2.28. The molecule has 1 saturated heterocycles. The highest BCUT2D eigenvalue weighted by Crippen LogP contribution is 2.44. The first-order valence-corrected chi connectivity index (χ1v) is 14.5. The lowest BCUT2D eigenvalue weighted by molar-refractivity contribution is 0.479. The van der Waals surface area contributed by atoms with Crippen molar-refractivity contribution in [2.24, 2.45) is 0 Å². The van der Waals surface area contributed by atoms with Crippen LogP contribution in [0.1, 0.15) is 52.8 Å². The Kier molecular flexibility index (Phi) is 7.33. The fourth-order valence-corrected chi connectivity index (χ4v) is 6.25. The van der Waals surface area contributed by atoms with E-state index in [0.29, 0.717) is 5.11 Å². The number of thiocarbonyl (C=S) groups is 1. The second-order valence-corrected chi connectivity index (χ2v) is 10.9. The lowest BCUT2D eigenvalue weighted by Crippen LogP contribution is -2.29. The number of aryl methyl sites for hydroxylation is 3. The Hall–Kier alpha value is -4.42. The van der Waals surface area contributed by atoms with Crippen LogP contribution in [0.15, 0.2) is 103 Å². The number of hydrogen-bond acceptors (Lipinski definition) is 3. The molecule has 0 unspecified atom stereocenters. The molecule has 0 radical (unpaired) electrons. The van der Waals surface area contributed by atoms with Gasteiger partial charge >= 0.3 is 0 Å². The minimum atomic E-state index is -0.109. The van der Waals surface area contributed by atoms with E-state index in [1.54, 1.807) is 0 Å². The molecule has 0 saturated carbocycles. The average molecular weight is 559 g/mol. The Morgan fingerprint density at radius 3 is 2.34 bits per heavy atom. The quantitative estimate of drug-likeness (QED) is 0.203. The summed E-state index contributed by atoms with van der Waals surface area (Å²) >= 11 is 6.00. The fourth-order valence-electron chi connectivity index (χ4n) is 5.91. The summed E-state index contributed by atoms with van der Waals surface area (Å²) in [5.74, 6) is 1.64. The number of para-hydroxylation sites is 2. The molecule has 206 valence electrons. The molecule has 0 aliphatic carbocycles. The molecule has 5 aromatic rings. The first-order chi connectivity index (χ1) is 20.0. The average Bonchev–Trinajstić information content (AvgIpc) is 3.49. The summed E-state index contributed by atoms with van der Waals surface area (Å²) in [4.78, 5) is 6.96. The normalized spacial score (nSPS) is 16.6. The summed E-state index contributed by atoms with van der Waals surface area (Å²) in [7, 11) is 0. The lowest BCUT2D eigenvalue weighted by atomic mass is 9.96. The van der Waals surface area contributed by atoms with Crippen LogP contribution in [0.2, 0.25) is 0 Å². The van der Waals surface area contributed by atoms with E-state index in [2.05, 4.69) is 97.1 Å². The molecule has 5 nitrogen and oxygen atoms in total. The van der Waals surface area contributed by atoms with Gasteiger partial charge in [0.25, 0.3) is 0 Å². The van der Waals surface area contributed by atoms with Gasteiger partial charge in [0.05, 0.1) is 17.8 Å². The summed E-state index contributed by atoms with van der Waals surface area (Å²) in [6.07, 6.45) is 2.81. The first-order valence-electron chi connectivity index (χ1n) is 14.1. The number of aromatic nitrogens is 2. The third kappa shape index (κ3) is 5.00. The number of ether oxygens (including phenoxy) is 1. The van der Waals surface area contributed by atoms with Crippen molar-refractivity contribution in [1.29, 1.82) is 0 Å². The molecule has 3 heterocycles. The summed E-state index contributed by atoms with van der Waals surface area (Å²) in [6.45, 7) is 8.65. The second-order valence-electron chi connectivity index (χ2n) is 10.5. The molecule has 0 spiro atoms. The Morgan fingerprint density at radius 1 is 0.878 bits per heavy atom. The van der Waals surface area contributed by atoms with E-state index in [9.17, 15) is 0 Å². The zero-order chi connectivity index (χ0) is 28.5. The SMILES string of the molecule is CCc1ccccc1-n1c(C)cc([C@@H]2[C@H](c3ccccn3)NC(=S)N2c2ccc(Oc3ccccc3C)cc2)c1C. The summed E-state index contributed by atoms with van der Waals surface area (Å²) in [5.41, 5.74) is 9.22. The maximum Gasteiger partial charge on any atom is 0.174 e. The Morgan fingerprint density at radius 2 is 1.61 bits per heavy atom. The number of benzene rings is 3. The van der Waals surface area contributed by atoms with Gasteiger partial charge in [0.15, 0.2) is 5.11 Å². The van der Waals surface area contributed by atoms with Crippen LogP contribution in [0.25, 0.3) is 5.69 Å². The fraction of sp³-hybridized carbons (Fsp3) is 0.200. The minimum Gasteiger partial charge on any atom is -0.457 e. The predicted octanol–water partition coefficient (Wildman–Crippen LogP) is 8.33. The van der Waals surface area contributed by atoms with Gasteiger partial charge in [0.2, 0.25) is 0 Å². The highest BCUT2D eigenvalue weighted by atomic mass is 32.1. The van der Waals surface area contributed by atoms with Gasteiger partial charge in [-0.05, 0) is 111 Å². The van der Waals surface area contributed by atoms with Gasteiger partial charge in [-0.3, -0.25) is 4.98 Å². The molecule has 1 aliphatic rings. The minimum absolute atomic E-state index is 0.0886. The summed E-state index contributed by atoms with van der Waals surface area (Å²) < 4.78 is 8.56. The Labute approximate surface area is 247 Å². The topological polar surface area (TPSA) is 42.3 Å². The van der Waals surface area contributed by atoms with E-state index in [0.717, 1.165) is 34.9 Å². The maximum atomic E-state index is 6.18. The molecule has 1 aliphatic heterocycles. The molecule has 2 aromatic heterocycles. The zero-order valence-electron chi connectivity index (χ0n) is 23.8. The number of hydrogen-bond donors (Lipinski definition) is 1. The van der Waals surface area contributed by atoms with Crippen molar-refractivity contribution >= 4 is 23.0 Å². The number of pyridine rings is 1. The van der Waals surface area contributed by atoms with Crippen molar-refractivity contribution < 1.29 is 4.74 Å². The van der Waals surface area contributed by atoms with Crippen LogP contribution >= 0.6 is 12.2 Å². The molecular formula is C35H34N4OS. The molecule has 41 heavy (non-hydrogen) atoms. The maximum absolute atomic E-state index is 6.18. The Balaban J connectivity index is 1.43. The van der Waals surface area contributed by atoms with Gasteiger partial charge in [-0.1, -0.05) is 49.4 Å².